The minimum absolute atomic E-state index is 0.183. The predicted octanol–water partition coefficient (Wildman–Crippen LogP) is 5.09. The Balaban J connectivity index is 2.36. The van der Waals surface area contributed by atoms with Crippen molar-refractivity contribution in [1.82, 2.24) is 0 Å². The number of hydrogen-bond donors (Lipinski definition) is 1. The van der Waals surface area contributed by atoms with Crippen molar-refractivity contribution in [3.8, 4) is 0 Å². The second-order valence-electron chi connectivity index (χ2n) is 4.75. The average molecular weight is 400 g/mol. The van der Waals surface area contributed by atoms with Gasteiger partial charge in [-0.1, -0.05) is 40.2 Å². The number of benzene rings is 2. The Morgan fingerprint density at radius 1 is 1.17 bits per heavy atom. The SMILES string of the molecule is COC(=O)/C(=C\Nc1cccc(C(F)(F)F)c1)c1ccccc1Br. The molecule has 2 aromatic carbocycles. The van der Waals surface area contributed by atoms with E-state index in [0.717, 1.165) is 12.1 Å². The van der Waals surface area contributed by atoms with Gasteiger partial charge in [0.15, 0.2) is 0 Å². The van der Waals surface area contributed by atoms with Crippen LogP contribution in [0.5, 0.6) is 0 Å². The highest BCUT2D eigenvalue weighted by atomic mass is 79.9. The molecular formula is C17H13BrF3NO2. The first-order chi connectivity index (χ1) is 11.3. The number of ether oxygens (including phenoxy) is 1. The number of halogens is 4. The van der Waals surface area contributed by atoms with E-state index in [1.807, 2.05) is 0 Å². The van der Waals surface area contributed by atoms with E-state index in [0.29, 0.717) is 10.0 Å². The second-order valence-corrected chi connectivity index (χ2v) is 5.61. The van der Waals surface area contributed by atoms with E-state index in [1.54, 1.807) is 24.3 Å². The van der Waals surface area contributed by atoms with E-state index in [1.165, 1.54) is 25.4 Å². The molecule has 0 spiro atoms. The lowest BCUT2D eigenvalue weighted by Gasteiger charge is -2.11. The van der Waals surface area contributed by atoms with Crippen molar-refractivity contribution in [2.75, 3.05) is 12.4 Å². The first kappa shape index (κ1) is 18.1. The maximum Gasteiger partial charge on any atom is 0.416 e. The number of carbonyl (C=O) groups excluding carboxylic acids is 1. The molecule has 0 aliphatic rings. The van der Waals surface area contributed by atoms with E-state index in [9.17, 15) is 18.0 Å². The van der Waals surface area contributed by atoms with E-state index >= 15 is 0 Å². The van der Waals surface area contributed by atoms with E-state index < -0.39 is 17.7 Å². The number of alkyl halides is 3. The van der Waals surface area contributed by atoms with Gasteiger partial charge in [0, 0.05) is 21.9 Å². The van der Waals surface area contributed by atoms with Crippen LogP contribution in [0.3, 0.4) is 0 Å². The largest absolute Gasteiger partial charge is 0.465 e. The summed E-state index contributed by atoms with van der Waals surface area (Å²) in [5.74, 6) is -0.610. The van der Waals surface area contributed by atoms with Crippen molar-refractivity contribution >= 4 is 33.2 Å². The fraction of sp³-hybridized carbons (Fsp3) is 0.118. The van der Waals surface area contributed by atoms with Crippen LogP contribution in [0.2, 0.25) is 0 Å². The van der Waals surface area contributed by atoms with E-state index in [4.69, 9.17) is 4.74 Å². The molecule has 0 aliphatic heterocycles. The molecule has 0 saturated heterocycles. The van der Waals surface area contributed by atoms with Crippen LogP contribution in [-0.4, -0.2) is 13.1 Å². The third kappa shape index (κ3) is 4.38. The molecule has 126 valence electrons. The maximum atomic E-state index is 12.7. The molecule has 0 unspecified atom stereocenters. The van der Waals surface area contributed by atoms with Crippen molar-refractivity contribution in [2.45, 2.75) is 6.18 Å². The summed E-state index contributed by atoms with van der Waals surface area (Å²) in [4.78, 5) is 12.0. The van der Waals surface area contributed by atoms with Crippen molar-refractivity contribution < 1.29 is 22.7 Å². The van der Waals surface area contributed by atoms with Crippen molar-refractivity contribution in [3.63, 3.8) is 0 Å². The van der Waals surface area contributed by atoms with Crippen LogP contribution < -0.4 is 5.32 Å². The molecular weight excluding hydrogens is 387 g/mol. The Kier molecular flexibility index (Phi) is 5.66. The molecule has 0 aromatic heterocycles. The average Bonchev–Trinajstić information content (AvgIpc) is 2.55. The summed E-state index contributed by atoms with van der Waals surface area (Å²) in [6.45, 7) is 0. The number of rotatable bonds is 4. The molecule has 0 saturated carbocycles. The highest BCUT2D eigenvalue weighted by Crippen LogP contribution is 2.31. The first-order valence-electron chi connectivity index (χ1n) is 6.80. The Bertz CT molecular complexity index is 772. The number of methoxy groups -OCH3 is 1. The molecule has 2 rings (SSSR count). The smallest absolute Gasteiger partial charge is 0.416 e. The van der Waals surface area contributed by atoms with Gasteiger partial charge in [-0.15, -0.1) is 0 Å². The van der Waals surface area contributed by atoms with Gasteiger partial charge in [-0.25, -0.2) is 4.79 Å². The van der Waals surface area contributed by atoms with Gasteiger partial charge in [0.2, 0.25) is 0 Å². The maximum absolute atomic E-state index is 12.7. The molecule has 7 heteroatoms. The molecule has 1 N–H and O–H groups in total. The van der Waals surface area contributed by atoms with Crippen LogP contribution in [0, 0.1) is 0 Å². The molecule has 0 heterocycles. The minimum Gasteiger partial charge on any atom is -0.465 e. The molecule has 2 aromatic rings. The molecule has 0 atom stereocenters. The highest BCUT2D eigenvalue weighted by molar-refractivity contribution is 9.10. The second kappa shape index (κ2) is 7.53. The molecule has 3 nitrogen and oxygen atoms in total. The van der Waals surface area contributed by atoms with Gasteiger partial charge >= 0.3 is 12.1 Å². The summed E-state index contributed by atoms with van der Waals surface area (Å²) >= 11 is 3.33. The number of anilines is 1. The minimum atomic E-state index is -4.44. The van der Waals surface area contributed by atoms with Gasteiger partial charge in [0.1, 0.15) is 0 Å². The van der Waals surface area contributed by atoms with Gasteiger partial charge in [-0.2, -0.15) is 13.2 Å². The fourth-order valence-corrected chi connectivity index (χ4v) is 2.48. The quantitative estimate of drug-likeness (QED) is 0.574. The number of esters is 1. The molecule has 0 bridgehead atoms. The third-order valence-corrected chi connectivity index (χ3v) is 3.83. The van der Waals surface area contributed by atoms with Crippen LogP contribution in [0.1, 0.15) is 11.1 Å². The predicted molar refractivity (Wildman–Crippen MR) is 89.2 cm³/mol. The van der Waals surface area contributed by atoms with Crippen LogP contribution in [0.25, 0.3) is 5.57 Å². The summed E-state index contributed by atoms with van der Waals surface area (Å²) in [7, 11) is 1.23. The van der Waals surface area contributed by atoms with Gasteiger partial charge in [-0.05, 0) is 24.3 Å². The summed E-state index contributed by atoms with van der Waals surface area (Å²) in [6, 6.07) is 11.7. The van der Waals surface area contributed by atoms with Crippen molar-refractivity contribution in [2.24, 2.45) is 0 Å². The van der Waals surface area contributed by atoms with Gasteiger partial charge < -0.3 is 10.1 Å². The van der Waals surface area contributed by atoms with Gasteiger partial charge in [-0.3, -0.25) is 0 Å². The lowest BCUT2D eigenvalue weighted by Crippen LogP contribution is -2.07. The van der Waals surface area contributed by atoms with Crippen molar-refractivity contribution in [1.29, 1.82) is 0 Å². The molecule has 0 radical (unpaired) electrons. The van der Waals surface area contributed by atoms with E-state index in [-0.39, 0.29) is 11.3 Å². The zero-order valence-electron chi connectivity index (χ0n) is 12.5. The molecule has 0 fully saturated rings. The Morgan fingerprint density at radius 2 is 1.88 bits per heavy atom. The van der Waals surface area contributed by atoms with Gasteiger partial charge in [0.05, 0.1) is 18.2 Å². The standard InChI is InChI=1S/C17H13BrF3NO2/c1-24-16(23)14(13-7-2-3-8-15(13)18)10-22-12-6-4-5-11(9-12)17(19,20)21/h2-10,22H,1H3/b14-10-. The Hall–Kier alpha value is -2.28. The highest BCUT2D eigenvalue weighted by Gasteiger charge is 2.30. The fourth-order valence-electron chi connectivity index (χ4n) is 1.98. The van der Waals surface area contributed by atoms with E-state index in [2.05, 4.69) is 21.2 Å². The van der Waals surface area contributed by atoms with Crippen LogP contribution >= 0.6 is 15.9 Å². The number of hydrogen-bond acceptors (Lipinski definition) is 3. The zero-order valence-corrected chi connectivity index (χ0v) is 14.1. The van der Waals surface area contributed by atoms with Gasteiger partial charge in [0.25, 0.3) is 0 Å². The normalized spacial score (nSPS) is 12.0. The monoisotopic (exact) mass is 399 g/mol. The summed E-state index contributed by atoms with van der Waals surface area (Å²) in [5, 5.41) is 2.71. The summed E-state index contributed by atoms with van der Waals surface area (Å²) < 4.78 is 43.6. The summed E-state index contributed by atoms with van der Waals surface area (Å²) in [5.41, 5.74) is 0.172. The zero-order chi connectivity index (χ0) is 17.7. The lowest BCUT2D eigenvalue weighted by atomic mass is 10.1. The first-order valence-corrected chi connectivity index (χ1v) is 7.59. The number of nitrogens with one attached hydrogen (secondary N) is 1. The Morgan fingerprint density at radius 3 is 2.50 bits per heavy atom. The topological polar surface area (TPSA) is 38.3 Å². The van der Waals surface area contributed by atoms with Crippen LogP contribution in [-0.2, 0) is 15.7 Å². The van der Waals surface area contributed by atoms with Crippen LogP contribution in [0.15, 0.2) is 59.2 Å². The molecule has 0 amide bonds. The molecule has 0 aliphatic carbocycles. The van der Waals surface area contributed by atoms with Crippen molar-refractivity contribution in [3.05, 3.63) is 70.3 Å². The third-order valence-electron chi connectivity index (χ3n) is 3.14. The lowest BCUT2D eigenvalue weighted by molar-refractivity contribution is -0.137. The number of carbonyl (C=O) groups is 1. The Labute approximate surface area is 145 Å². The molecule has 24 heavy (non-hydrogen) atoms. The summed E-state index contributed by atoms with van der Waals surface area (Å²) in [6.07, 6.45) is -3.11. The van der Waals surface area contributed by atoms with Crippen LogP contribution in [0.4, 0.5) is 18.9 Å².